The van der Waals surface area contributed by atoms with E-state index in [0.29, 0.717) is 10.9 Å². The van der Waals surface area contributed by atoms with Crippen LogP contribution in [0.3, 0.4) is 0 Å². The van der Waals surface area contributed by atoms with Crippen LogP contribution in [0.1, 0.15) is 66.3 Å². The van der Waals surface area contributed by atoms with Crippen LogP contribution in [0.4, 0.5) is 0 Å². The molecule has 118 valence electrons. The van der Waals surface area contributed by atoms with Crippen LogP contribution in [0.2, 0.25) is 0 Å². The first-order valence-corrected chi connectivity index (χ1v) is 8.89. The lowest BCUT2D eigenvalue weighted by Crippen LogP contribution is -2.38. The molecule has 5 heteroatoms. The van der Waals surface area contributed by atoms with Crippen LogP contribution in [-0.4, -0.2) is 40.1 Å². The molecule has 1 aromatic heterocycles. The minimum Gasteiger partial charge on any atom is -0.477 e. The molecule has 2 heterocycles. The summed E-state index contributed by atoms with van der Waals surface area (Å²) in [5.74, 6) is -0.823. The van der Waals surface area contributed by atoms with Crippen molar-refractivity contribution < 1.29 is 9.90 Å². The van der Waals surface area contributed by atoms with E-state index in [2.05, 4.69) is 23.7 Å². The van der Waals surface area contributed by atoms with Gasteiger partial charge >= 0.3 is 5.97 Å². The van der Waals surface area contributed by atoms with Crippen LogP contribution in [-0.2, 0) is 12.8 Å². The van der Waals surface area contributed by atoms with E-state index >= 15 is 0 Å². The summed E-state index contributed by atoms with van der Waals surface area (Å²) in [5, 5.41) is 10.3. The molecule has 2 rings (SSSR count). The lowest BCUT2D eigenvalue weighted by Gasteiger charge is -2.32. The average molecular weight is 310 g/mol. The van der Waals surface area contributed by atoms with Crippen molar-refractivity contribution in [3.63, 3.8) is 0 Å². The lowest BCUT2D eigenvalue weighted by atomic mass is 10.0. The summed E-state index contributed by atoms with van der Waals surface area (Å²) in [6.45, 7) is 6.57. The van der Waals surface area contributed by atoms with Gasteiger partial charge in [-0.05, 0) is 39.2 Å². The highest BCUT2D eigenvalue weighted by Gasteiger charge is 2.20. The van der Waals surface area contributed by atoms with Gasteiger partial charge in [-0.3, -0.25) is 0 Å². The maximum atomic E-state index is 11.3. The van der Waals surface area contributed by atoms with Crippen LogP contribution in [0.5, 0.6) is 0 Å². The highest BCUT2D eigenvalue weighted by atomic mass is 32.1. The molecule has 1 aromatic rings. The van der Waals surface area contributed by atoms with E-state index in [1.54, 1.807) is 0 Å². The number of carboxylic acids is 1. The number of aromatic nitrogens is 1. The first-order chi connectivity index (χ1) is 10.1. The summed E-state index contributed by atoms with van der Waals surface area (Å²) in [5.41, 5.74) is 0.788. The Balaban J connectivity index is 1.97. The summed E-state index contributed by atoms with van der Waals surface area (Å²) in [6.07, 6.45) is 7.63. The molecule has 1 aliphatic rings. The third-order valence-electron chi connectivity index (χ3n) is 4.26. The maximum Gasteiger partial charge on any atom is 0.347 e. The Labute approximate surface area is 131 Å². The van der Waals surface area contributed by atoms with Gasteiger partial charge in [0.15, 0.2) is 0 Å². The summed E-state index contributed by atoms with van der Waals surface area (Å²) < 4.78 is 0. The number of rotatable bonds is 7. The van der Waals surface area contributed by atoms with Gasteiger partial charge in [-0.1, -0.05) is 19.8 Å². The SMILES string of the molecule is CCCCc1nc(CCN2CCCCC2C)sc1C(=O)O. The molecule has 1 unspecified atom stereocenters. The Bertz CT molecular complexity index is 473. The van der Waals surface area contributed by atoms with E-state index < -0.39 is 5.97 Å². The van der Waals surface area contributed by atoms with E-state index in [4.69, 9.17) is 0 Å². The zero-order valence-electron chi connectivity index (χ0n) is 13.1. The molecule has 0 saturated carbocycles. The maximum absolute atomic E-state index is 11.3. The molecule has 1 saturated heterocycles. The lowest BCUT2D eigenvalue weighted by molar-refractivity contribution is 0.0700. The van der Waals surface area contributed by atoms with Gasteiger partial charge in [0.2, 0.25) is 0 Å². The Morgan fingerprint density at radius 1 is 1.43 bits per heavy atom. The van der Waals surface area contributed by atoms with Crippen LogP contribution < -0.4 is 0 Å². The van der Waals surface area contributed by atoms with Crippen LogP contribution >= 0.6 is 11.3 Å². The third kappa shape index (κ3) is 4.51. The van der Waals surface area contributed by atoms with E-state index in [1.807, 2.05) is 0 Å². The van der Waals surface area contributed by atoms with Crippen LogP contribution in [0, 0.1) is 0 Å². The quantitative estimate of drug-likeness (QED) is 0.836. The molecule has 0 aromatic carbocycles. The van der Waals surface area contributed by atoms with Crippen LogP contribution in [0.25, 0.3) is 0 Å². The van der Waals surface area contributed by atoms with E-state index in [1.165, 1.54) is 37.1 Å². The topological polar surface area (TPSA) is 53.4 Å². The summed E-state index contributed by atoms with van der Waals surface area (Å²) in [7, 11) is 0. The third-order valence-corrected chi connectivity index (χ3v) is 5.40. The molecule has 0 amide bonds. The minimum atomic E-state index is -0.823. The fourth-order valence-electron chi connectivity index (χ4n) is 2.92. The van der Waals surface area contributed by atoms with Gasteiger partial charge < -0.3 is 10.0 Å². The zero-order valence-corrected chi connectivity index (χ0v) is 13.9. The molecule has 1 aliphatic heterocycles. The molecular formula is C16H26N2O2S. The fraction of sp³-hybridized carbons (Fsp3) is 0.750. The van der Waals surface area contributed by atoms with E-state index in [-0.39, 0.29) is 0 Å². The minimum absolute atomic E-state index is 0.449. The number of carboxylic acid groups (broad SMARTS) is 1. The van der Waals surface area contributed by atoms with Crippen LogP contribution in [0.15, 0.2) is 0 Å². The van der Waals surface area contributed by atoms with Crippen molar-refractivity contribution in [2.24, 2.45) is 0 Å². The van der Waals surface area contributed by atoms with E-state index in [0.717, 1.165) is 42.9 Å². The summed E-state index contributed by atoms with van der Waals surface area (Å²) in [6, 6.07) is 0.650. The normalized spacial score (nSPS) is 19.8. The fourth-order valence-corrected chi connectivity index (χ4v) is 3.86. The smallest absolute Gasteiger partial charge is 0.347 e. The Hall–Kier alpha value is -0.940. The molecule has 0 spiro atoms. The van der Waals surface area contributed by atoms with Crippen molar-refractivity contribution in [1.82, 2.24) is 9.88 Å². The number of unbranched alkanes of at least 4 members (excludes halogenated alkanes) is 1. The molecule has 0 radical (unpaired) electrons. The van der Waals surface area contributed by atoms with Crippen molar-refractivity contribution >= 4 is 17.3 Å². The van der Waals surface area contributed by atoms with Gasteiger partial charge in [0.05, 0.1) is 10.7 Å². The molecule has 0 aliphatic carbocycles. The highest BCUT2D eigenvalue weighted by Crippen LogP contribution is 2.22. The van der Waals surface area contributed by atoms with Crippen molar-refractivity contribution in [1.29, 1.82) is 0 Å². The number of hydrogen-bond donors (Lipinski definition) is 1. The summed E-state index contributed by atoms with van der Waals surface area (Å²) in [4.78, 5) is 18.9. The molecule has 1 atom stereocenters. The van der Waals surface area contributed by atoms with Crippen molar-refractivity contribution in [3.05, 3.63) is 15.6 Å². The van der Waals surface area contributed by atoms with Gasteiger partial charge in [-0.25, -0.2) is 9.78 Å². The number of aryl methyl sites for hydroxylation is 1. The number of carbonyl (C=O) groups is 1. The molecule has 1 fully saturated rings. The highest BCUT2D eigenvalue weighted by molar-refractivity contribution is 7.13. The first-order valence-electron chi connectivity index (χ1n) is 8.07. The Morgan fingerprint density at radius 2 is 2.24 bits per heavy atom. The van der Waals surface area contributed by atoms with Crippen molar-refractivity contribution in [3.8, 4) is 0 Å². The Kier molecular flexibility index (Phi) is 6.18. The molecule has 0 bridgehead atoms. The van der Waals surface area contributed by atoms with Gasteiger partial charge in [-0.2, -0.15) is 0 Å². The second kappa shape index (κ2) is 7.90. The predicted molar refractivity (Wildman–Crippen MR) is 86.3 cm³/mol. The molecule has 1 N–H and O–H groups in total. The average Bonchev–Trinajstić information content (AvgIpc) is 2.88. The largest absolute Gasteiger partial charge is 0.477 e. The number of piperidine rings is 1. The van der Waals surface area contributed by atoms with Crippen molar-refractivity contribution in [2.45, 2.75) is 64.8 Å². The second-order valence-corrected chi connectivity index (χ2v) is 7.01. The number of hydrogen-bond acceptors (Lipinski definition) is 4. The standard InChI is InChI=1S/C16H26N2O2S/c1-3-4-8-13-15(16(19)20)21-14(17-13)9-11-18-10-6-5-7-12(18)2/h12H,3-11H2,1-2H3,(H,19,20). The number of thiazole rings is 1. The first kappa shape index (κ1) is 16.4. The second-order valence-electron chi connectivity index (χ2n) is 5.92. The molecular weight excluding hydrogens is 284 g/mol. The molecule has 4 nitrogen and oxygen atoms in total. The van der Waals surface area contributed by atoms with Crippen molar-refractivity contribution in [2.75, 3.05) is 13.1 Å². The predicted octanol–water partition coefficient (Wildman–Crippen LogP) is 3.60. The Morgan fingerprint density at radius 3 is 2.90 bits per heavy atom. The number of likely N-dealkylation sites (tertiary alicyclic amines) is 1. The van der Waals surface area contributed by atoms with Gasteiger partial charge in [0, 0.05) is 19.0 Å². The number of nitrogens with zero attached hydrogens (tertiary/aromatic N) is 2. The summed E-state index contributed by atoms with van der Waals surface area (Å²) >= 11 is 1.37. The van der Waals surface area contributed by atoms with Gasteiger partial charge in [0.25, 0.3) is 0 Å². The van der Waals surface area contributed by atoms with Gasteiger partial charge in [0.1, 0.15) is 4.88 Å². The monoisotopic (exact) mass is 310 g/mol. The molecule has 21 heavy (non-hydrogen) atoms. The number of aromatic carboxylic acids is 1. The van der Waals surface area contributed by atoms with E-state index in [9.17, 15) is 9.90 Å². The van der Waals surface area contributed by atoms with Gasteiger partial charge in [-0.15, -0.1) is 11.3 Å². The zero-order chi connectivity index (χ0) is 15.2.